The van der Waals surface area contributed by atoms with Crippen molar-refractivity contribution in [3.63, 3.8) is 0 Å². The molecule has 0 heterocycles. The number of amides is 1. The highest BCUT2D eigenvalue weighted by Crippen LogP contribution is 2.18. The van der Waals surface area contributed by atoms with Gasteiger partial charge in [0.15, 0.2) is 6.10 Å². The van der Waals surface area contributed by atoms with Crippen LogP contribution in [0.15, 0.2) is 59.5 Å². The molecule has 0 bridgehead atoms. The van der Waals surface area contributed by atoms with Gasteiger partial charge in [-0.25, -0.2) is 13.1 Å². The summed E-state index contributed by atoms with van der Waals surface area (Å²) in [7, 11) is -3.63. The van der Waals surface area contributed by atoms with Crippen molar-refractivity contribution < 1.29 is 17.9 Å². The maximum Gasteiger partial charge on any atom is 0.260 e. The summed E-state index contributed by atoms with van der Waals surface area (Å²) in [6.45, 7) is 7.25. The van der Waals surface area contributed by atoms with E-state index in [-0.39, 0.29) is 22.9 Å². The summed E-state index contributed by atoms with van der Waals surface area (Å²) in [5, 5.41) is 2.77. The molecule has 0 saturated carbocycles. The molecule has 1 amide bonds. The van der Waals surface area contributed by atoms with Gasteiger partial charge in [0.1, 0.15) is 5.75 Å². The van der Waals surface area contributed by atoms with Crippen molar-refractivity contribution in [2.75, 3.05) is 0 Å². The average Bonchev–Trinajstić information content (AvgIpc) is 2.66. The van der Waals surface area contributed by atoms with Crippen LogP contribution in [0.4, 0.5) is 0 Å². The number of benzene rings is 2. The molecule has 2 aromatic carbocycles. The largest absolute Gasteiger partial charge is 0.481 e. The van der Waals surface area contributed by atoms with Crippen molar-refractivity contribution in [1.82, 2.24) is 10.0 Å². The van der Waals surface area contributed by atoms with Crippen LogP contribution in [0, 0.1) is 0 Å². The topological polar surface area (TPSA) is 84.5 Å². The highest BCUT2D eigenvalue weighted by Gasteiger charge is 2.19. The van der Waals surface area contributed by atoms with Crippen LogP contribution >= 0.6 is 0 Å². The lowest BCUT2D eigenvalue weighted by molar-refractivity contribution is -0.127. The van der Waals surface area contributed by atoms with E-state index in [1.54, 1.807) is 19.1 Å². The monoisotopic (exact) mass is 418 g/mol. The minimum absolute atomic E-state index is 0.0241. The number of sulfonamides is 1. The van der Waals surface area contributed by atoms with Crippen LogP contribution in [0.1, 0.15) is 39.7 Å². The lowest BCUT2D eigenvalue weighted by Crippen LogP contribution is -2.40. The van der Waals surface area contributed by atoms with Gasteiger partial charge >= 0.3 is 0 Å². The Bertz CT molecular complexity index is 881. The Balaban J connectivity index is 1.92. The molecule has 0 radical (unpaired) electrons. The van der Waals surface area contributed by atoms with Gasteiger partial charge in [0, 0.05) is 12.1 Å². The lowest BCUT2D eigenvalue weighted by atomic mass is 10.1. The van der Waals surface area contributed by atoms with Crippen molar-refractivity contribution in [3.05, 3.63) is 60.2 Å². The average molecular weight is 419 g/mol. The molecule has 29 heavy (non-hydrogen) atoms. The number of hydrogen-bond acceptors (Lipinski definition) is 4. The number of carbonyl (C=O) groups excluding carboxylic acids is 1. The van der Waals surface area contributed by atoms with Crippen LogP contribution in [0.2, 0.25) is 0 Å². The summed E-state index contributed by atoms with van der Waals surface area (Å²) in [6.07, 6.45) is 0.830. The summed E-state index contributed by atoms with van der Waals surface area (Å²) in [5.41, 5.74) is 1.18. The number of aryl methyl sites for hydroxylation is 1. The quantitative estimate of drug-likeness (QED) is 0.620. The Morgan fingerprint density at radius 3 is 2.17 bits per heavy atom. The second-order valence-corrected chi connectivity index (χ2v) is 9.16. The van der Waals surface area contributed by atoms with Gasteiger partial charge in [-0.15, -0.1) is 0 Å². The third-order valence-corrected chi connectivity index (χ3v) is 5.92. The fraction of sp³-hybridized carbons (Fsp3) is 0.409. The Hall–Kier alpha value is -2.38. The van der Waals surface area contributed by atoms with E-state index in [1.165, 1.54) is 17.7 Å². The molecule has 2 N–H and O–H groups in total. The van der Waals surface area contributed by atoms with Gasteiger partial charge in [0.25, 0.3) is 5.91 Å². The van der Waals surface area contributed by atoms with Gasteiger partial charge in [-0.3, -0.25) is 4.79 Å². The molecule has 0 aliphatic carbocycles. The molecule has 0 aromatic heterocycles. The Kier molecular flexibility index (Phi) is 8.22. The van der Waals surface area contributed by atoms with Crippen molar-refractivity contribution >= 4 is 15.9 Å². The molecule has 0 aliphatic rings. The third-order valence-electron chi connectivity index (χ3n) is 4.31. The molecule has 158 valence electrons. The molecular formula is C22H30N2O4S. The van der Waals surface area contributed by atoms with E-state index in [0.717, 1.165) is 6.42 Å². The maximum absolute atomic E-state index is 12.6. The molecule has 2 aromatic rings. The molecule has 0 aliphatic heterocycles. The number of rotatable bonds is 10. The molecule has 6 nitrogen and oxygen atoms in total. The van der Waals surface area contributed by atoms with Gasteiger partial charge < -0.3 is 10.1 Å². The van der Waals surface area contributed by atoms with Gasteiger partial charge in [-0.05, 0) is 70.4 Å². The van der Waals surface area contributed by atoms with Crippen LogP contribution in [0.25, 0.3) is 0 Å². The normalized spacial score (nSPS) is 13.7. The summed E-state index contributed by atoms with van der Waals surface area (Å²) < 4.78 is 33.5. The highest BCUT2D eigenvalue weighted by atomic mass is 32.2. The molecular weight excluding hydrogens is 388 g/mol. The zero-order chi connectivity index (χ0) is 21.4. The van der Waals surface area contributed by atoms with E-state index in [4.69, 9.17) is 4.74 Å². The first-order valence-corrected chi connectivity index (χ1v) is 11.3. The molecule has 7 heteroatoms. The van der Waals surface area contributed by atoms with E-state index < -0.39 is 16.1 Å². The number of carbonyl (C=O) groups is 1. The van der Waals surface area contributed by atoms with E-state index in [2.05, 4.69) is 10.0 Å². The summed E-state index contributed by atoms with van der Waals surface area (Å²) in [5.74, 6) is 0.220. The standard InChI is InChI=1S/C22H30N2O4S/c1-16(2)23-22(25)18(4)28-20-12-14-21(15-13-20)29(26,27)24-17(3)10-11-19-8-6-5-7-9-19/h5-9,12-18,24H,10-11H2,1-4H3,(H,23,25)/t17-,18+/m0/s1. The van der Waals surface area contributed by atoms with E-state index in [0.29, 0.717) is 12.2 Å². The van der Waals surface area contributed by atoms with E-state index in [1.807, 2.05) is 51.1 Å². The van der Waals surface area contributed by atoms with Crippen molar-refractivity contribution in [2.24, 2.45) is 0 Å². The van der Waals surface area contributed by atoms with Crippen LogP contribution < -0.4 is 14.8 Å². The summed E-state index contributed by atoms with van der Waals surface area (Å²) >= 11 is 0. The van der Waals surface area contributed by atoms with Crippen LogP contribution in [-0.4, -0.2) is 32.5 Å². The first kappa shape index (κ1) is 22.9. The fourth-order valence-corrected chi connectivity index (χ4v) is 4.05. The predicted molar refractivity (Wildman–Crippen MR) is 114 cm³/mol. The smallest absolute Gasteiger partial charge is 0.260 e. The molecule has 0 unspecified atom stereocenters. The minimum Gasteiger partial charge on any atom is -0.481 e. The van der Waals surface area contributed by atoms with Crippen LogP contribution in [0.5, 0.6) is 5.75 Å². The van der Waals surface area contributed by atoms with E-state index >= 15 is 0 Å². The van der Waals surface area contributed by atoms with Crippen LogP contribution in [-0.2, 0) is 21.2 Å². The van der Waals surface area contributed by atoms with Gasteiger partial charge in [0.2, 0.25) is 10.0 Å². The second-order valence-electron chi connectivity index (χ2n) is 7.44. The van der Waals surface area contributed by atoms with Crippen LogP contribution in [0.3, 0.4) is 0 Å². The highest BCUT2D eigenvalue weighted by molar-refractivity contribution is 7.89. The maximum atomic E-state index is 12.6. The predicted octanol–water partition coefficient (Wildman–Crippen LogP) is 3.28. The van der Waals surface area contributed by atoms with Crippen molar-refractivity contribution in [2.45, 2.75) is 63.6 Å². The Morgan fingerprint density at radius 2 is 1.59 bits per heavy atom. The summed E-state index contributed by atoms with van der Waals surface area (Å²) in [6, 6.07) is 15.9. The van der Waals surface area contributed by atoms with Crippen molar-refractivity contribution in [1.29, 1.82) is 0 Å². The number of ether oxygens (including phenoxy) is 1. The first-order valence-electron chi connectivity index (χ1n) is 9.80. The fourth-order valence-electron chi connectivity index (χ4n) is 2.78. The molecule has 0 spiro atoms. The molecule has 2 atom stereocenters. The number of nitrogens with one attached hydrogen (secondary N) is 2. The molecule has 2 rings (SSSR count). The first-order chi connectivity index (χ1) is 13.7. The van der Waals surface area contributed by atoms with Gasteiger partial charge in [-0.2, -0.15) is 0 Å². The molecule has 0 fully saturated rings. The van der Waals surface area contributed by atoms with Crippen molar-refractivity contribution in [3.8, 4) is 5.75 Å². The van der Waals surface area contributed by atoms with Gasteiger partial charge in [0.05, 0.1) is 4.90 Å². The zero-order valence-electron chi connectivity index (χ0n) is 17.4. The minimum atomic E-state index is -3.63. The van der Waals surface area contributed by atoms with Gasteiger partial charge in [-0.1, -0.05) is 30.3 Å². The Morgan fingerprint density at radius 1 is 0.966 bits per heavy atom. The third kappa shape index (κ3) is 7.51. The summed E-state index contributed by atoms with van der Waals surface area (Å²) in [4.78, 5) is 12.1. The lowest BCUT2D eigenvalue weighted by Gasteiger charge is -2.17. The zero-order valence-corrected chi connectivity index (χ0v) is 18.2. The second kappa shape index (κ2) is 10.4. The SMILES string of the molecule is CC(C)NC(=O)[C@@H](C)Oc1ccc(S(=O)(=O)N[C@@H](C)CCc2ccccc2)cc1. The molecule has 0 saturated heterocycles. The Labute approximate surface area is 173 Å². The van der Waals surface area contributed by atoms with E-state index in [9.17, 15) is 13.2 Å². The number of hydrogen-bond donors (Lipinski definition) is 2.